The molecule has 4 aromatic heterocycles. The van der Waals surface area contributed by atoms with Gasteiger partial charge in [-0.05, 0) is 97.4 Å². The van der Waals surface area contributed by atoms with Gasteiger partial charge in [0.25, 0.3) is 5.91 Å². The number of methoxy groups -OCH3 is 1. The molecule has 9 nitrogen and oxygen atoms in total. The number of aromatic nitrogens is 5. The minimum absolute atomic E-state index is 0.0751. The van der Waals surface area contributed by atoms with Gasteiger partial charge in [0.05, 0.1) is 24.0 Å². The van der Waals surface area contributed by atoms with E-state index in [0.717, 1.165) is 75.3 Å². The van der Waals surface area contributed by atoms with Crippen molar-refractivity contribution in [1.29, 1.82) is 0 Å². The first-order valence-corrected chi connectivity index (χ1v) is 16.4. The summed E-state index contributed by atoms with van der Waals surface area (Å²) in [6.07, 6.45) is 4.73. The molecule has 1 amide bonds. The van der Waals surface area contributed by atoms with E-state index in [2.05, 4.69) is 50.2 Å². The second kappa shape index (κ2) is 10.0. The van der Waals surface area contributed by atoms with E-state index < -0.39 is 0 Å². The molecule has 46 heavy (non-hydrogen) atoms. The monoisotopic (exact) mass is 612 g/mol. The molecule has 3 fully saturated rings. The van der Waals surface area contributed by atoms with E-state index in [1.165, 1.54) is 19.3 Å². The summed E-state index contributed by atoms with van der Waals surface area (Å²) < 4.78 is 10.3. The van der Waals surface area contributed by atoms with Crippen molar-refractivity contribution in [1.82, 2.24) is 29.0 Å². The molecule has 2 aliphatic carbocycles. The third-order valence-corrected chi connectivity index (χ3v) is 10.8. The fraction of sp³-hybridized carbons (Fsp3) is 0.351. The third-order valence-electron chi connectivity index (χ3n) is 10.8. The molecular weight excluding hydrogens is 576 g/mol. The molecular formula is C37H36N6O3. The lowest BCUT2D eigenvalue weighted by molar-refractivity contribution is 0.0696. The van der Waals surface area contributed by atoms with Crippen molar-refractivity contribution in [2.24, 2.45) is 24.8 Å². The minimum atomic E-state index is -0.111. The molecule has 5 heterocycles. The lowest BCUT2D eigenvalue weighted by Crippen LogP contribution is -2.38. The van der Waals surface area contributed by atoms with Gasteiger partial charge in [-0.15, -0.1) is 0 Å². The van der Waals surface area contributed by atoms with Gasteiger partial charge in [-0.3, -0.25) is 9.59 Å². The Morgan fingerprint density at radius 2 is 1.83 bits per heavy atom. The van der Waals surface area contributed by atoms with E-state index in [-0.39, 0.29) is 11.5 Å². The highest BCUT2D eigenvalue weighted by atomic mass is 16.5. The van der Waals surface area contributed by atoms with Crippen LogP contribution in [0.15, 0.2) is 65.5 Å². The fourth-order valence-electron chi connectivity index (χ4n) is 8.06. The first-order chi connectivity index (χ1) is 22.4. The van der Waals surface area contributed by atoms with Crippen molar-refractivity contribution in [2.45, 2.75) is 45.2 Å². The van der Waals surface area contributed by atoms with Gasteiger partial charge in [0, 0.05) is 54.3 Å². The van der Waals surface area contributed by atoms with E-state index in [0.29, 0.717) is 35.1 Å². The molecule has 9 rings (SSSR count). The summed E-state index contributed by atoms with van der Waals surface area (Å²) in [6.45, 7) is 4.00. The highest BCUT2D eigenvalue weighted by Gasteiger charge is 2.46. The van der Waals surface area contributed by atoms with Gasteiger partial charge in [0.2, 0.25) is 5.56 Å². The van der Waals surface area contributed by atoms with Crippen molar-refractivity contribution < 1.29 is 9.53 Å². The van der Waals surface area contributed by atoms with E-state index in [1.807, 2.05) is 37.4 Å². The maximum atomic E-state index is 13.8. The number of piperidine rings is 1. The second-order valence-electron chi connectivity index (χ2n) is 13.6. The zero-order chi connectivity index (χ0) is 31.3. The number of nitrogens with one attached hydrogen (secondary N) is 1. The Labute approximate surface area is 265 Å². The van der Waals surface area contributed by atoms with Crippen LogP contribution >= 0.6 is 0 Å². The molecule has 3 atom stereocenters. The van der Waals surface area contributed by atoms with Crippen molar-refractivity contribution in [3.05, 3.63) is 76.6 Å². The van der Waals surface area contributed by atoms with Crippen LogP contribution in [0, 0.1) is 17.8 Å². The number of benzene rings is 2. The van der Waals surface area contributed by atoms with Crippen LogP contribution in [0.4, 0.5) is 0 Å². The molecule has 1 aliphatic heterocycles. The Bertz CT molecular complexity index is 2270. The van der Waals surface area contributed by atoms with Gasteiger partial charge in [-0.2, -0.15) is 0 Å². The molecule has 0 spiro atoms. The maximum absolute atomic E-state index is 13.8. The zero-order valence-corrected chi connectivity index (χ0v) is 26.3. The number of aromatic amines is 1. The number of aryl methyl sites for hydroxylation is 1. The first kappa shape index (κ1) is 27.4. The summed E-state index contributed by atoms with van der Waals surface area (Å²) in [5, 5.41) is 2.02. The molecule has 1 saturated heterocycles. The fourth-order valence-corrected chi connectivity index (χ4v) is 8.06. The normalized spacial score (nSPS) is 20.8. The number of carbonyl (C=O) groups is 1. The SMILES string of the molecule is COc1cc(C(=O)N2CC3CCC2[C@@H]3C)cc2nc(-c3cc4ccc(-c5ccc6[nH]c(=O)ccc6c5)nc4n3CC3CC3)n(C)c12. The average Bonchev–Trinajstić information content (AvgIpc) is 3.47. The number of hydrogen-bond donors (Lipinski definition) is 1. The number of amides is 1. The number of H-pyrrole nitrogens is 1. The molecule has 2 unspecified atom stereocenters. The minimum Gasteiger partial charge on any atom is -0.494 e. The lowest BCUT2D eigenvalue weighted by Gasteiger charge is -2.27. The van der Waals surface area contributed by atoms with Crippen molar-refractivity contribution in [2.75, 3.05) is 13.7 Å². The van der Waals surface area contributed by atoms with E-state index in [1.54, 1.807) is 13.2 Å². The highest BCUT2D eigenvalue weighted by Crippen LogP contribution is 2.44. The zero-order valence-electron chi connectivity index (χ0n) is 26.3. The molecule has 2 saturated carbocycles. The van der Waals surface area contributed by atoms with Gasteiger partial charge in [-0.25, -0.2) is 9.97 Å². The van der Waals surface area contributed by atoms with Crippen LogP contribution in [0.3, 0.4) is 0 Å². The topological polar surface area (TPSA) is 98.0 Å². The average molecular weight is 613 g/mol. The summed E-state index contributed by atoms with van der Waals surface area (Å²) >= 11 is 0. The Balaban J connectivity index is 1.15. The molecule has 6 aromatic rings. The number of hydrogen-bond acceptors (Lipinski definition) is 5. The number of carbonyl (C=O) groups excluding carboxylic acids is 1. The van der Waals surface area contributed by atoms with Gasteiger partial charge in [0.1, 0.15) is 16.9 Å². The quantitative estimate of drug-likeness (QED) is 0.235. The highest BCUT2D eigenvalue weighted by molar-refractivity contribution is 6.00. The number of rotatable bonds is 6. The lowest BCUT2D eigenvalue weighted by atomic mass is 10.0. The van der Waals surface area contributed by atoms with Crippen LogP contribution in [0.1, 0.15) is 43.0 Å². The molecule has 9 heteroatoms. The molecule has 3 aliphatic rings. The maximum Gasteiger partial charge on any atom is 0.254 e. The van der Waals surface area contributed by atoms with Crippen molar-refractivity contribution >= 4 is 38.9 Å². The summed E-state index contributed by atoms with van der Waals surface area (Å²) in [7, 11) is 3.68. The number of nitrogens with zero attached hydrogens (tertiary/aromatic N) is 5. The van der Waals surface area contributed by atoms with Crippen LogP contribution < -0.4 is 10.3 Å². The smallest absolute Gasteiger partial charge is 0.254 e. The number of pyridine rings is 2. The number of likely N-dealkylation sites (tertiary alicyclic amines) is 1. The Morgan fingerprint density at radius 1 is 0.978 bits per heavy atom. The van der Waals surface area contributed by atoms with Gasteiger partial charge in [0.15, 0.2) is 5.82 Å². The van der Waals surface area contributed by atoms with Gasteiger partial charge < -0.3 is 23.8 Å². The van der Waals surface area contributed by atoms with Crippen molar-refractivity contribution in [3.8, 4) is 28.5 Å². The van der Waals surface area contributed by atoms with Crippen LogP contribution in [0.5, 0.6) is 5.75 Å². The summed E-state index contributed by atoms with van der Waals surface area (Å²) in [6, 6.07) is 19.9. The van der Waals surface area contributed by atoms with E-state index in [4.69, 9.17) is 14.7 Å². The summed E-state index contributed by atoms with van der Waals surface area (Å²) in [4.78, 5) is 40.9. The first-order valence-electron chi connectivity index (χ1n) is 16.4. The van der Waals surface area contributed by atoms with Crippen LogP contribution in [-0.2, 0) is 13.6 Å². The number of imidazole rings is 1. The summed E-state index contributed by atoms with van der Waals surface area (Å²) in [5.41, 5.74) is 6.76. The van der Waals surface area contributed by atoms with E-state index in [9.17, 15) is 9.59 Å². The van der Waals surface area contributed by atoms with Crippen LogP contribution in [0.2, 0.25) is 0 Å². The standard InChI is InChI=1S/C37H36N6O3/c1-20-25-8-12-30(20)43(19-25)37(45)26-15-29-34(32(17-26)46-3)41(2)36(40-29)31-16-24-7-11-28(39-35(24)42(31)18-21-4-5-21)22-6-10-27-23(14-22)9-13-33(44)38-27/h6-7,9-11,13-17,20-21,25,30H,4-5,8,12,18-19H2,1-3H3,(H,38,44)/t20-,25?,30?/m1/s1. The Kier molecular flexibility index (Phi) is 5.98. The molecule has 2 aromatic carbocycles. The molecule has 0 radical (unpaired) electrons. The van der Waals surface area contributed by atoms with Crippen LogP contribution in [0.25, 0.3) is 55.7 Å². The number of ether oxygens (including phenoxy) is 1. The predicted molar refractivity (Wildman–Crippen MR) is 179 cm³/mol. The largest absolute Gasteiger partial charge is 0.494 e. The molecule has 1 N–H and O–H groups in total. The van der Waals surface area contributed by atoms with Gasteiger partial charge >= 0.3 is 0 Å². The second-order valence-corrected chi connectivity index (χ2v) is 13.6. The van der Waals surface area contributed by atoms with Crippen LogP contribution in [-0.4, -0.2) is 54.6 Å². The summed E-state index contributed by atoms with van der Waals surface area (Å²) in [5.74, 6) is 3.33. The molecule has 232 valence electrons. The number of fused-ring (bicyclic) bond motifs is 5. The van der Waals surface area contributed by atoms with E-state index >= 15 is 0 Å². The Hall–Kier alpha value is -4.92. The van der Waals surface area contributed by atoms with Gasteiger partial charge in [-0.1, -0.05) is 13.0 Å². The van der Waals surface area contributed by atoms with Crippen molar-refractivity contribution in [3.63, 3.8) is 0 Å². The third kappa shape index (κ3) is 4.21. The molecule has 2 bridgehead atoms. The predicted octanol–water partition coefficient (Wildman–Crippen LogP) is 6.39. The Morgan fingerprint density at radius 3 is 2.59 bits per heavy atom.